The van der Waals surface area contributed by atoms with Gasteiger partial charge in [-0.25, -0.2) is 9.48 Å². The van der Waals surface area contributed by atoms with E-state index in [-0.39, 0.29) is 35.8 Å². The second kappa shape index (κ2) is 15.9. The fourth-order valence-electron chi connectivity index (χ4n) is 4.41. The normalized spacial score (nSPS) is 11.5. The first-order chi connectivity index (χ1) is 21.7. The highest BCUT2D eigenvalue weighted by atomic mass is 35.5. The summed E-state index contributed by atoms with van der Waals surface area (Å²) >= 11 is 6.18. The number of aromatic nitrogens is 2. The molecule has 12 heteroatoms. The van der Waals surface area contributed by atoms with Crippen molar-refractivity contribution in [2.75, 3.05) is 46.7 Å². The Morgan fingerprint density at radius 1 is 0.978 bits per heavy atom. The average Bonchev–Trinajstić information content (AvgIpc) is 3.00. The molecule has 0 saturated heterocycles. The lowest BCUT2D eigenvalue weighted by atomic mass is 9.98. The van der Waals surface area contributed by atoms with Gasteiger partial charge in [-0.05, 0) is 60.5 Å². The molecule has 1 aromatic heterocycles. The number of carboxylic acid groups (broad SMARTS) is 1. The Labute approximate surface area is 272 Å². The molecule has 3 aromatic carbocycles. The number of carbonyl (C=O) groups is 3. The molecule has 1 amide bonds. The summed E-state index contributed by atoms with van der Waals surface area (Å²) in [6, 6.07) is 19.6. The van der Waals surface area contributed by atoms with Crippen molar-refractivity contribution < 1.29 is 33.8 Å². The van der Waals surface area contributed by atoms with Crippen LogP contribution in [0, 0.1) is 0 Å². The summed E-state index contributed by atoms with van der Waals surface area (Å²) < 4.78 is 7.37. The first-order valence-electron chi connectivity index (χ1n) is 14.3. The molecule has 0 aliphatic heterocycles. The van der Waals surface area contributed by atoms with Crippen LogP contribution in [-0.4, -0.2) is 83.5 Å². The number of benzene rings is 3. The summed E-state index contributed by atoms with van der Waals surface area (Å²) in [5, 5.41) is 25.0. The van der Waals surface area contributed by atoms with Gasteiger partial charge in [-0.15, -0.1) is 5.10 Å². The fourth-order valence-corrected chi connectivity index (χ4v) is 4.59. The second-order valence-corrected chi connectivity index (χ2v) is 11.8. The molecule has 0 aliphatic rings. The number of carbonyl (C=O) groups excluding carboxylic acids is 2. The van der Waals surface area contributed by atoms with Crippen molar-refractivity contribution in [1.82, 2.24) is 9.78 Å². The number of aromatic carboxylic acids is 1. The van der Waals surface area contributed by atoms with Crippen molar-refractivity contribution in [2.24, 2.45) is 0 Å². The molecule has 1 heterocycles. The highest BCUT2D eigenvalue weighted by Crippen LogP contribution is 2.32. The highest BCUT2D eigenvalue weighted by Gasteiger charge is 2.26. The number of rotatable bonds is 11. The van der Waals surface area contributed by atoms with Crippen molar-refractivity contribution in [3.63, 3.8) is 0 Å². The lowest BCUT2D eigenvalue weighted by Gasteiger charge is -2.21. The number of ketones is 1. The number of hydrogen-bond acceptors (Lipinski definition) is 7. The monoisotopic (exact) mass is 649 g/mol. The number of nitrogens with one attached hydrogen (secondary N) is 1. The minimum absolute atomic E-state index is 0.0241. The zero-order valence-electron chi connectivity index (χ0n) is 26.4. The van der Waals surface area contributed by atoms with Gasteiger partial charge in [-0.1, -0.05) is 41.9 Å². The van der Waals surface area contributed by atoms with E-state index in [1.807, 2.05) is 30.3 Å². The number of halogens is 1. The van der Waals surface area contributed by atoms with Crippen molar-refractivity contribution in [1.29, 1.82) is 0 Å². The number of methoxy groups -OCH3 is 1. The number of Topliss-reactive ketones (excluding diaryl/α,β-unsaturated/α-hetero) is 1. The minimum Gasteiger partial charge on any atom is -0.480 e. The summed E-state index contributed by atoms with van der Waals surface area (Å²) in [5.41, 5.74) is 1.57. The third-order valence-corrected chi connectivity index (χ3v) is 7.04. The number of hydrogen-bond donors (Lipinski definition) is 3. The summed E-state index contributed by atoms with van der Waals surface area (Å²) in [4.78, 5) is 50.4. The molecule has 4 aromatic rings. The predicted molar refractivity (Wildman–Crippen MR) is 177 cm³/mol. The maximum absolute atomic E-state index is 13.5. The third-order valence-electron chi connectivity index (χ3n) is 6.81. The Balaban J connectivity index is 0.000000738. The zero-order chi connectivity index (χ0) is 34.0. The van der Waals surface area contributed by atoms with E-state index in [1.165, 1.54) is 44.4 Å². The Hall–Kier alpha value is -4.84. The number of aliphatic hydroxyl groups is 1. The molecule has 3 N–H and O–H groups in total. The van der Waals surface area contributed by atoms with Crippen molar-refractivity contribution in [3.05, 3.63) is 111 Å². The van der Waals surface area contributed by atoms with Crippen LogP contribution >= 0.6 is 11.6 Å². The molecule has 0 aliphatic carbocycles. The van der Waals surface area contributed by atoms with Crippen molar-refractivity contribution in [2.45, 2.75) is 19.4 Å². The van der Waals surface area contributed by atoms with Crippen LogP contribution in [0.3, 0.4) is 0 Å². The van der Waals surface area contributed by atoms with Crippen molar-refractivity contribution >= 4 is 34.9 Å². The summed E-state index contributed by atoms with van der Waals surface area (Å²) in [5.74, 6) is -1.84. The van der Waals surface area contributed by atoms with Crippen molar-refractivity contribution in [3.8, 4) is 17.0 Å². The van der Waals surface area contributed by atoms with Crippen LogP contribution in [0.5, 0.6) is 5.88 Å². The molecule has 0 bridgehead atoms. The third kappa shape index (κ3) is 9.83. The quantitative estimate of drug-likeness (QED) is 0.158. The van der Waals surface area contributed by atoms with E-state index in [2.05, 4.69) is 31.6 Å². The number of likely N-dealkylation sites (N-methyl/N-ethyl adjacent to an activating group) is 1. The number of nitrogens with zero attached hydrogens (tertiary/aromatic N) is 3. The van der Waals surface area contributed by atoms with E-state index in [0.717, 1.165) is 21.3 Å². The summed E-state index contributed by atoms with van der Waals surface area (Å²) in [7, 11) is 7.53. The SMILES string of the molecule is COc1nn(C(Cc2ccccc2)C(=O)Nc2ccc(C(=O)O)cc2)c(=O)cc1-c1cc(Cl)ccc1C(C)=O.C[N+](C)(C)CCO. The molecule has 11 nitrogen and oxygen atoms in total. The van der Waals surface area contributed by atoms with Gasteiger partial charge in [-0.3, -0.25) is 14.4 Å². The molecule has 1 atom stereocenters. The number of quaternary nitrogens is 1. The largest absolute Gasteiger partial charge is 0.480 e. The summed E-state index contributed by atoms with van der Waals surface area (Å²) in [6.07, 6.45) is 0.130. The van der Waals surface area contributed by atoms with E-state index < -0.39 is 23.5 Å². The molecule has 242 valence electrons. The Morgan fingerprint density at radius 3 is 2.15 bits per heavy atom. The number of carboxylic acids is 1. The lowest BCUT2D eigenvalue weighted by molar-refractivity contribution is -0.870. The molecule has 1 unspecified atom stereocenters. The number of anilines is 1. The van der Waals surface area contributed by atoms with Crippen LogP contribution in [0.1, 0.15) is 39.2 Å². The van der Waals surface area contributed by atoms with Gasteiger partial charge in [0.1, 0.15) is 12.6 Å². The molecule has 4 rings (SSSR count). The lowest BCUT2D eigenvalue weighted by Crippen LogP contribution is -2.36. The number of ether oxygens (including phenoxy) is 1. The topological polar surface area (TPSA) is 148 Å². The Kier molecular flexibility index (Phi) is 12.3. The Bertz CT molecular complexity index is 1730. The van der Waals surface area contributed by atoms with Crippen LogP contribution < -0.4 is 15.6 Å². The van der Waals surface area contributed by atoms with Gasteiger partial charge in [0.15, 0.2) is 5.78 Å². The van der Waals surface area contributed by atoms with E-state index >= 15 is 0 Å². The second-order valence-electron chi connectivity index (χ2n) is 11.4. The molecule has 0 fully saturated rings. The molecule has 46 heavy (non-hydrogen) atoms. The van der Waals surface area contributed by atoms with E-state index in [1.54, 1.807) is 18.2 Å². The summed E-state index contributed by atoms with van der Waals surface area (Å²) in [6.45, 7) is 2.51. The van der Waals surface area contributed by atoms with Crippen LogP contribution in [-0.2, 0) is 11.2 Å². The van der Waals surface area contributed by atoms with Crippen LogP contribution in [0.2, 0.25) is 5.02 Å². The maximum Gasteiger partial charge on any atom is 0.335 e. The maximum atomic E-state index is 13.5. The standard InChI is InChI=1S/C29H24ClN3O6.C5H14NO/c1-17(34)22-13-10-20(30)15-23(22)24-16-26(35)33(32-28(24)39-2)25(14-18-6-4-3-5-7-18)27(36)31-21-11-8-19(9-12-21)29(37)38;1-6(2,3)4-5-7/h3-13,15-16,25H,14H2,1-2H3,(H,31,36)(H,37,38);7H,4-5H2,1-3H3/q;+1. The zero-order valence-corrected chi connectivity index (χ0v) is 27.1. The van der Waals surface area contributed by atoms with E-state index in [4.69, 9.17) is 26.6 Å². The smallest absolute Gasteiger partial charge is 0.335 e. The van der Waals surface area contributed by atoms with Crippen LogP contribution in [0.15, 0.2) is 83.7 Å². The van der Waals surface area contributed by atoms with Gasteiger partial charge in [0.2, 0.25) is 11.8 Å². The highest BCUT2D eigenvalue weighted by molar-refractivity contribution is 6.31. The minimum atomic E-state index is -1.09. The Morgan fingerprint density at radius 2 is 1.63 bits per heavy atom. The molecule has 0 spiro atoms. The number of aliphatic hydroxyl groups excluding tert-OH is 1. The first kappa shape index (κ1) is 35.6. The fraction of sp³-hybridized carbons (Fsp3) is 0.265. The van der Waals surface area contributed by atoms with E-state index in [9.17, 15) is 19.2 Å². The molecular formula is C34H38ClN4O7+. The molecular weight excluding hydrogens is 612 g/mol. The molecule has 0 saturated carbocycles. The number of amides is 1. The first-order valence-corrected chi connectivity index (χ1v) is 14.7. The molecule has 0 radical (unpaired) electrons. The van der Waals surface area contributed by atoms with Gasteiger partial charge in [0.25, 0.3) is 5.56 Å². The van der Waals surface area contributed by atoms with Gasteiger partial charge in [-0.2, -0.15) is 0 Å². The van der Waals surface area contributed by atoms with Gasteiger partial charge in [0, 0.05) is 28.8 Å². The van der Waals surface area contributed by atoms with E-state index in [0.29, 0.717) is 21.8 Å². The predicted octanol–water partition coefficient (Wildman–Crippen LogP) is 4.58. The van der Waals surface area contributed by atoms with Gasteiger partial charge in [0.05, 0.1) is 46.0 Å². The van der Waals surface area contributed by atoms with Gasteiger partial charge < -0.3 is 24.7 Å². The van der Waals surface area contributed by atoms with Crippen LogP contribution in [0.25, 0.3) is 11.1 Å². The van der Waals surface area contributed by atoms with Gasteiger partial charge >= 0.3 is 5.97 Å². The average molecular weight is 650 g/mol. The van der Waals surface area contributed by atoms with Crippen LogP contribution in [0.4, 0.5) is 5.69 Å².